The van der Waals surface area contributed by atoms with Gasteiger partial charge in [-0.3, -0.25) is 0 Å². The van der Waals surface area contributed by atoms with E-state index in [0.717, 1.165) is 19.5 Å². The number of aryl methyl sites for hydroxylation is 2. The van der Waals surface area contributed by atoms with Crippen molar-refractivity contribution in [2.75, 3.05) is 0 Å². The van der Waals surface area contributed by atoms with Crippen LogP contribution >= 0.6 is 0 Å². The highest BCUT2D eigenvalue weighted by Crippen LogP contribution is 2.13. The van der Waals surface area contributed by atoms with Crippen molar-refractivity contribution in [2.24, 2.45) is 0 Å². The third-order valence-electron chi connectivity index (χ3n) is 5.25. The summed E-state index contributed by atoms with van der Waals surface area (Å²) in [7, 11) is 0. The highest BCUT2D eigenvalue weighted by Gasteiger charge is 2.14. The first-order valence-electron chi connectivity index (χ1n) is 9.80. The van der Waals surface area contributed by atoms with Crippen molar-refractivity contribution in [1.82, 2.24) is 0 Å². The molecule has 0 aliphatic carbocycles. The van der Waals surface area contributed by atoms with E-state index in [9.17, 15) is 0 Å². The summed E-state index contributed by atoms with van der Waals surface area (Å²) in [6.45, 7) is 6.37. The number of allylic oxidation sites excluding steroid dienone is 1. The summed E-state index contributed by atoms with van der Waals surface area (Å²) in [5, 5.41) is 2.58. The zero-order valence-corrected chi connectivity index (χ0v) is 16.1. The zero-order chi connectivity index (χ0) is 18.6. The number of fused-ring (bicyclic) bond motifs is 2. The van der Waals surface area contributed by atoms with Crippen molar-refractivity contribution < 1.29 is 9.13 Å². The van der Waals surface area contributed by atoms with E-state index < -0.39 is 0 Å². The first-order chi connectivity index (χ1) is 13.3. The standard InChI is InChI=1S/C25H26N2/c1-3-26-22(18-16-20-10-5-7-14-24(20)26)12-9-13-23-19-17-21-11-6-8-15-25(21)27(23)4-2/h5-12,14-19H,3-4,13H2,1-2H3/q+2/b12-9+. The van der Waals surface area contributed by atoms with Crippen LogP contribution in [0.25, 0.3) is 27.9 Å². The number of para-hydroxylation sites is 2. The molecule has 0 amide bonds. The van der Waals surface area contributed by atoms with E-state index in [1.807, 2.05) is 0 Å². The molecule has 0 fully saturated rings. The molecule has 0 aliphatic rings. The van der Waals surface area contributed by atoms with Gasteiger partial charge in [0.25, 0.3) is 0 Å². The molecule has 0 spiro atoms. The first kappa shape index (κ1) is 17.4. The molecule has 2 heterocycles. The van der Waals surface area contributed by atoms with Crippen LogP contribution in [0, 0.1) is 0 Å². The Balaban J connectivity index is 1.67. The van der Waals surface area contributed by atoms with Crippen LogP contribution in [0.2, 0.25) is 0 Å². The fraction of sp³-hybridized carbons (Fsp3) is 0.200. The van der Waals surface area contributed by atoms with Crippen molar-refractivity contribution in [3.8, 4) is 0 Å². The Hall–Kier alpha value is -3.00. The van der Waals surface area contributed by atoms with Crippen molar-refractivity contribution in [3.05, 3.63) is 90.3 Å². The van der Waals surface area contributed by atoms with Crippen molar-refractivity contribution in [3.63, 3.8) is 0 Å². The van der Waals surface area contributed by atoms with Crippen LogP contribution in [-0.2, 0) is 19.5 Å². The lowest BCUT2D eigenvalue weighted by Crippen LogP contribution is -2.38. The molecule has 0 saturated carbocycles. The predicted molar refractivity (Wildman–Crippen MR) is 112 cm³/mol. The Morgan fingerprint density at radius 3 is 1.93 bits per heavy atom. The van der Waals surface area contributed by atoms with E-state index in [2.05, 4.69) is 108 Å². The lowest BCUT2D eigenvalue weighted by Gasteiger charge is -2.04. The number of benzene rings is 2. The van der Waals surface area contributed by atoms with Crippen molar-refractivity contribution >= 4 is 27.9 Å². The van der Waals surface area contributed by atoms with Crippen LogP contribution in [0.15, 0.2) is 78.9 Å². The summed E-state index contributed by atoms with van der Waals surface area (Å²) >= 11 is 0. The van der Waals surface area contributed by atoms with Gasteiger partial charge in [0, 0.05) is 41.1 Å². The fourth-order valence-electron chi connectivity index (χ4n) is 3.93. The SMILES string of the molecule is CC[n+]1c(/C=C/Cc2ccc3ccccc3[n+]2CC)ccc2ccccc21. The van der Waals surface area contributed by atoms with Gasteiger partial charge in [-0.2, -0.15) is 9.13 Å². The van der Waals surface area contributed by atoms with Gasteiger partial charge in [0.15, 0.2) is 5.69 Å². The molecule has 0 radical (unpaired) electrons. The molecular weight excluding hydrogens is 328 g/mol. The third-order valence-corrected chi connectivity index (χ3v) is 5.25. The molecule has 0 saturated heterocycles. The molecule has 134 valence electrons. The smallest absolute Gasteiger partial charge is 0.196 e. The van der Waals surface area contributed by atoms with Gasteiger partial charge in [-0.15, -0.1) is 0 Å². The molecule has 27 heavy (non-hydrogen) atoms. The number of nitrogens with zero attached hydrogens (tertiary/aromatic N) is 2. The Morgan fingerprint density at radius 2 is 1.26 bits per heavy atom. The Labute approximate surface area is 161 Å². The van der Waals surface area contributed by atoms with Gasteiger partial charge in [0.1, 0.15) is 13.1 Å². The van der Waals surface area contributed by atoms with Crippen LogP contribution in [-0.4, -0.2) is 0 Å². The molecule has 4 rings (SSSR count). The summed E-state index contributed by atoms with van der Waals surface area (Å²) < 4.78 is 4.79. The zero-order valence-electron chi connectivity index (χ0n) is 16.1. The largest absolute Gasteiger partial charge is 0.212 e. The molecule has 2 aromatic carbocycles. The van der Waals surface area contributed by atoms with Gasteiger partial charge in [-0.25, -0.2) is 0 Å². The monoisotopic (exact) mass is 354 g/mol. The topological polar surface area (TPSA) is 7.76 Å². The number of aromatic nitrogens is 2. The van der Waals surface area contributed by atoms with Crippen LogP contribution in [0.1, 0.15) is 25.2 Å². The second-order valence-corrected chi connectivity index (χ2v) is 6.80. The maximum atomic E-state index is 2.41. The molecular formula is C25H26N2+2. The van der Waals surface area contributed by atoms with E-state index in [-0.39, 0.29) is 0 Å². The fourth-order valence-corrected chi connectivity index (χ4v) is 3.93. The maximum absolute atomic E-state index is 2.41. The van der Waals surface area contributed by atoms with Crippen molar-refractivity contribution in [2.45, 2.75) is 33.4 Å². The summed E-state index contributed by atoms with van der Waals surface area (Å²) in [6, 6.07) is 26.1. The van der Waals surface area contributed by atoms with E-state index in [1.54, 1.807) is 0 Å². The third kappa shape index (κ3) is 3.35. The molecule has 0 unspecified atom stereocenters. The van der Waals surface area contributed by atoms with Gasteiger partial charge in [0.2, 0.25) is 16.7 Å². The number of hydrogen-bond acceptors (Lipinski definition) is 0. The van der Waals surface area contributed by atoms with E-state index in [0.29, 0.717) is 0 Å². The second-order valence-electron chi connectivity index (χ2n) is 6.80. The summed E-state index contributed by atoms with van der Waals surface area (Å²) in [4.78, 5) is 0. The quantitative estimate of drug-likeness (QED) is 0.452. The average Bonchev–Trinajstić information content (AvgIpc) is 2.73. The molecule has 0 aliphatic heterocycles. The minimum Gasteiger partial charge on any atom is -0.196 e. The maximum Gasteiger partial charge on any atom is 0.212 e. The highest BCUT2D eigenvalue weighted by atomic mass is 15.0. The van der Waals surface area contributed by atoms with Crippen molar-refractivity contribution in [1.29, 1.82) is 0 Å². The van der Waals surface area contributed by atoms with Crippen LogP contribution in [0.3, 0.4) is 0 Å². The molecule has 2 heteroatoms. The molecule has 2 aromatic heterocycles. The molecule has 0 N–H and O–H groups in total. The minimum absolute atomic E-state index is 0.926. The van der Waals surface area contributed by atoms with Crippen LogP contribution in [0.4, 0.5) is 0 Å². The molecule has 2 nitrogen and oxygen atoms in total. The Morgan fingerprint density at radius 1 is 0.667 bits per heavy atom. The summed E-state index contributed by atoms with van der Waals surface area (Å²) in [5.74, 6) is 0. The molecule has 0 atom stereocenters. The van der Waals surface area contributed by atoms with Crippen LogP contribution < -0.4 is 9.13 Å². The lowest BCUT2D eigenvalue weighted by atomic mass is 10.1. The highest BCUT2D eigenvalue weighted by molar-refractivity contribution is 5.76. The molecule has 0 bridgehead atoms. The van der Waals surface area contributed by atoms with Gasteiger partial charge >= 0.3 is 0 Å². The predicted octanol–water partition coefficient (Wildman–Crippen LogP) is 4.86. The average molecular weight is 354 g/mol. The number of pyridine rings is 2. The number of rotatable bonds is 5. The second kappa shape index (κ2) is 7.71. The lowest BCUT2D eigenvalue weighted by molar-refractivity contribution is -0.674. The normalized spacial score (nSPS) is 11.6. The van der Waals surface area contributed by atoms with E-state index >= 15 is 0 Å². The van der Waals surface area contributed by atoms with Gasteiger partial charge in [-0.1, -0.05) is 30.3 Å². The van der Waals surface area contributed by atoms with Gasteiger partial charge in [0.05, 0.1) is 6.42 Å². The number of hydrogen-bond donors (Lipinski definition) is 0. The summed E-state index contributed by atoms with van der Waals surface area (Å²) in [6.07, 6.45) is 5.47. The van der Waals surface area contributed by atoms with E-state index in [1.165, 1.54) is 33.2 Å². The minimum atomic E-state index is 0.926. The van der Waals surface area contributed by atoms with Crippen LogP contribution in [0.5, 0.6) is 0 Å². The first-order valence-corrected chi connectivity index (χ1v) is 9.80. The Kier molecular flexibility index (Phi) is 4.97. The van der Waals surface area contributed by atoms with Gasteiger partial charge < -0.3 is 0 Å². The summed E-state index contributed by atoms with van der Waals surface area (Å²) in [5.41, 5.74) is 5.19. The molecule has 4 aromatic rings. The van der Waals surface area contributed by atoms with E-state index in [4.69, 9.17) is 0 Å². The Bertz CT molecular complexity index is 1130. The van der Waals surface area contributed by atoms with Gasteiger partial charge in [-0.05, 0) is 38.1 Å².